The molecule has 8 heteroatoms. The summed E-state index contributed by atoms with van der Waals surface area (Å²) < 4.78 is 18.8. The van der Waals surface area contributed by atoms with E-state index in [1.165, 1.54) is 32.2 Å². The fourth-order valence-corrected chi connectivity index (χ4v) is 2.90. The molecular weight excluding hydrogens is 389 g/mol. The number of nitriles is 1. The van der Waals surface area contributed by atoms with E-state index >= 15 is 0 Å². The highest BCUT2D eigenvalue weighted by molar-refractivity contribution is 5.90. The third kappa shape index (κ3) is 6.41. The summed E-state index contributed by atoms with van der Waals surface area (Å²) in [6.07, 6.45) is 0.0411. The average molecular weight is 411 g/mol. The molecule has 30 heavy (non-hydrogen) atoms. The van der Waals surface area contributed by atoms with E-state index in [0.29, 0.717) is 11.1 Å². The smallest absolute Gasteiger partial charge is 0.328 e. The molecular formula is C22H22FN3O4. The first-order valence-electron chi connectivity index (χ1n) is 9.21. The van der Waals surface area contributed by atoms with E-state index in [9.17, 15) is 18.8 Å². The highest BCUT2D eigenvalue weighted by atomic mass is 19.1. The van der Waals surface area contributed by atoms with Gasteiger partial charge in [-0.15, -0.1) is 0 Å². The van der Waals surface area contributed by atoms with Crippen LogP contribution in [0.15, 0.2) is 48.5 Å². The monoisotopic (exact) mass is 411 g/mol. The molecule has 0 spiro atoms. The summed E-state index contributed by atoms with van der Waals surface area (Å²) in [6, 6.07) is 12.4. The van der Waals surface area contributed by atoms with Crippen LogP contribution in [0.1, 0.15) is 23.6 Å². The number of rotatable bonds is 8. The summed E-state index contributed by atoms with van der Waals surface area (Å²) in [5, 5.41) is 14.0. The van der Waals surface area contributed by atoms with Gasteiger partial charge in [-0.25, -0.2) is 9.18 Å². The van der Waals surface area contributed by atoms with E-state index in [4.69, 9.17) is 10.00 Å². The Balaban J connectivity index is 2.18. The molecule has 0 fully saturated rings. The van der Waals surface area contributed by atoms with E-state index in [1.54, 1.807) is 30.3 Å². The van der Waals surface area contributed by atoms with E-state index in [2.05, 4.69) is 10.6 Å². The zero-order chi connectivity index (χ0) is 22.1. The number of nitrogens with zero attached hydrogens (tertiary/aromatic N) is 1. The molecule has 2 aromatic carbocycles. The average Bonchev–Trinajstić information content (AvgIpc) is 2.73. The SMILES string of the molecule is COC(=O)[C@@H](Cc1ccc(C#N)cc1)NC(=O)[C@@H](Cc1ccccc1F)NC(C)=O. The molecule has 0 unspecified atom stereocenters. The first-order chi connectivity index (χ1) is 14.3. The maximum atomic E-state index is 14.0. The molecule has 0 aliphatic heterocycles. The number of methoxy groups -OCH3 is 1. The Labute approximate surface area is 173 Å². The molecule has 2 amide bonds. The lowest BCUT2D eigenvalue weighted by Gasteiger charge is -2.22. The third-order valence-corrected chi connectivity index (χ3v) is 4.40. The molecule has 0 bridgehead atoms. The van der Waals surface area contributed by atoms with E-state index in [0.717, 1.165) is 0 Å². The second kappa shape index (κ2) is 10.7. The topological polar surface area (TPSA) is 108 Å². The molecule has 0 heterocycles. The lowest BCUT2D eigenvalue weighted by atomic mass is 10.0. The number of carbonyl (C=O) groups excluding carboxylic acids is 3. The minimum atomic E-state index is -1.08. The van der Waals surface area contributed by atoms with Crippen molar-refractivity contribution in [2.24, 2.45) is 0 Å². The van der Waals surface area contributed by atoms with Crippen LogP contribution in [0.5, 0.6) is 0 Å². The summed E-state index contributed by atoms with van der Waals surface area (Å²) in [4.78, 5) is 36.6. The maximum Gasteiger partial charge on any atom is 0.328 e. The van der Waals surface area contributed by atoms with Crippen LogP contribution in [0.4, 0.5) is 4.39 Å². The fourth-order valence-electron chi connectivity index (χ4n) is 2.90. The Kier molecular flexibility index (Phi) is 8.06. The first-order valence-corrected chi connectivity index (χ1v) is 9.21. The van der Waals surface area contributed by atoms with Crippen LogP contribution >= 0.6 is 0 Å². The van der Waals surface area contributed by atoms with E-state index in [1.807, 2.05) is 6.07 Å². The fraction of sp³-hybridized carbons (Fsp3) is 0.273. The van der Waals surface area contributed by atoms with Crippen molar-refractivity contribution in [2.75, 3.05) is 7.11 Å². The van der Waals surface area contributed by atoms with Crippen LogP contribution in [-0.2, 0) is 32.0 Å². The third-order valence-electron chi connectivity index (χ3n) is 4.40. The van der Waals surface area contributed by atoms with Crippen molar-refractivity contribution in [3.63, 3.8) is 0 Å². The summed E-state index contributed by atoms with van der Waals surface area (Å²) in [6.45, 7) is 1.25. The van der Waals surface area contributed by atoms with Crippen molar-refractivity contribution >= 4 is 17.8 Å². The van der Waals surface area contributed by atoms with Gasteiger partial charge in [0.25, 0.3) is 0 Å². The van der Waals surface area contributed by atoms with Gasteiger partial charge in [-0.2, -0.15) is 5.26 Å². The molecule has 7 nitrogen and oxygen atoms in total. The normalized spacial score (nSPS) is 12.2. The molecule has 0 aliphatic carbocycles. The summed E-state index contributed by atoms with van der Waals surface area (Å²) in [7, 11) is 1.20. The Morgan fingerprint density at radius 3 is 2.27 bits per heavy atom. The predicted octanol–water partition coefficient (Wildman–Crippen LogP) is 1.65. The zero-order valence-corrected chi connectivity index (χ0v) is 16.6. The summed E-state index contributed by atoms with van der Waals surface area (Å²) in [5.74, 6) is -2.27. The number of carbonyl (C=O) groups is 3. The second-order valence-electron chi connectivity index (χ2n) is 6.65. The zero-order valence-electron chi connectivity index (χ0n) is 16.6. The van der Waals surface area contributed by atoms with Gasteiger partial charge in [0.15, 0.2) is 0 Å². The number of hydrogen-bond acceptors (Lipinski definition) is 5. The van der Waals surface area contributed by atoms with E-state index in [-0.39, 0.29) is 18.4 Å². The molecule has 2 rings (SSSR count). The summed E-state index contributed by atoms with van der Waals surface area (Å²) >= 11 is 0. The molecule has 2 N–H and O–H groups in total. The Bertz CT molecular complexity index is 954. The molecule has 0 aliphatic rings. The molecule has 2 aromatic rings. The minimum absolute atomic E-state index is 0.0805. The number of ether oxygens (including phenoxy) is 1. The van der Waals surface area contributed by atoms with Crippen molar-refractivity contribution in [3.05, 3.63) is 71.0 Å². The summed E-state index contributed by atoms with van der Waals surface area (Å²) in [5.41, 5.74) is 1.43. The minimum Gasteiger partial charge on any atom is -0.467 e. The van der Waals surface area contributed by atoms with Gasteiger partial charge >= 0.3 is 5.97 Å². The standard InChI is InChI=1S/C22H22FN3O4/c1-14(27)25-19(12-17-5-3-4-6-18(17)23)21(28)26-20(22(29)30-2)11-15-7-9-16(13-24)10-8-15/h3-10,19-20H,11-12H2,1-2H3,(H,25,27)(H,26,28)/t19-,20-/m1/s1. The van der Waals surface area contributed by atoms with Crippen molar-refractivity contribution in [3.8, 4) is 6.07 Å². The van der Waals surface area contributed by atoms with Gasteiger partial charge in [0.2, 0.25) is 11.8 Å². The number of amides is 2. The molecule has 0 saturated carbocycles. The van der Waals surface area contributed by atoms with Crippen LogP contribution in [0.3, 0.4) is 0 Å². The number of benzene rings is 2. The van der Waals surface area contributed by atoms with Crippen LogP contribution in [0, 0.1) is 17.1 Å². The van der Waals surface area contributed by atoms with Gasteiger partial charge in [-0.3, -0.25) is 9.59 Å². The van der Waals surface area contributed by atoms with Crippen LogP contribution in [0.25, 0.3) is 0 Å². The van der Waals surface area contributed by atoms with Gasteiger partial charge < -0.3 is 15.4 Å². The quantitative estimate of drug-likeness (QED) is 0.642. The van der Waals surface area contributed by atoms with Gasteiger partial charge in [0.05, 0.1) is 18.7 Å². The second-order valence-corrected chi connectivity index (χ2v) is 6.65. The van der Waals surface area contributed by atoms with Crippen LogP contribution in [0.2, 0.25) is 0 Å². The van der Waals surface area contributed by atoms with Crippen molar-refractivity contribution in [1.29, 1.82) is 5.26 Å². The Morgan fingerprint density at radius 1 is 1.03 bits per heavy atom. The van der Waals surface area contributed by atoms with Gasteiger partial charge in [-0.1, -0.05) is 30.3 Å². The first kappa shape index (κ1) is 22.6. The predicted molar refractivity (Wildman–Crippen MR) is 107 cm³/mol. The highest BCUT2D eigenvalue weighted by Gasteiger charge is 2.27. The molecule has 2 atom stereocenters. The molecule has 0 radical (unpaired) electrons. The van der Waals surface area contributed by atoms with Crippen molar-refractivity contribution < 1.29 is 23.5 Å². The number of halogens is 1. The van der Waals surface area contributed by atoms with Gasteiger partial charge in [-0.05, 0) is 29.3 Å². The van der Waals surface area contributed by atoms with Crippen molar-refractivity contribution in [1.82, 2.24) is 10.6 Å². The Morgan fingerprint density at radius 2 is 1.70 bits per heavy atom. The van der Waals surface area contributed by atoms with Crippen molar-refractivity contribution in [2.45, 2.75) is 31.8 Å². The van der Waals surface area contributed by atoms with Gasteiger partial charge in [0, 0.05) is 19.8 Å². The molecule has 0 saturated heterocycles. The molecule has 0 aromatic heterocycles. The number of nitrogens with one attached hydrogen (secondary N) is 2. The Hall–Kier alpha value is -3.73. The molecule has 156 valence electrons. The maximum absolute atomic E-state index is 14.0. The van der Waals surface area contributed by atoms with Gasteiger partial charge in [0.1, 0.15) is 17.9 Å². The van der Waals surface area contributed by atoms with Crippen LogP contribution < -0.4 is 10.6 Å². The number of hydrogen-bond donors (Lipinski definition) is 2. The van der Waals surface area contributed by atoms with E-state index < -0.39 is 35.7 Å². The lowest BCUT2D eigenvalue weighted by molar-refractivity contribution is -0.145. The lowest BCUT2D eigenvalue weighted by Crippen LogP contribution is -2.53. The number of esters is 1. The highest BCUT2D eigenvalue weighted by Crippen LogP contribution is 2.11. The van der Waals surface area contributed by atoms with Crippen LogP contribution in [-0.4, -0.2) is 37.0 Å². The largest absolute Gasteiger partial charge is 0.467 e.